The van der Waals surface area contributed by atoms with Crippen LogP contribution >= 0.6 is 0 Å². The molecule has 1 saturated heterocycles. The molecule has 2 fully saturated rings. The van der Waals surface area contributed by atoms with Crippen molar-refractivity contribution in [2.75, 3.05) is 32.4 Å². The zero-order chi connectivity index (χ0) is 27.0. The first-order chi connectivity index (χ1) is 17.3. The third-order valence-electron chi connectivity index (χ3n) is 8.52. The Hall–Kier alpha value is -1.65. The van der Waals surface area contributed by atoms with Crippen LogP contribution in [-0.2, 0) is 16.6 Å². The summed E-state index contributed by atoms with van der Waals surface area (Å²) in [5.74, 6) is -0.409. The van der Waals surface area contributed by atoms with Gasteiger partial charge >= 0.3 is 6.18 Å². The number of piperidine rings is 1. The fraction of sp³-hybridized carbons (Fsp3) is 0.741. The van der Waals surface area contributed by atoms with E-state index >= 15 is 0 Å². The number of amides is 1. The van der Waals surface area contributed by atoms with Crippen LogP contribution < -0.4 is 5.32 Å². The van der Waals surface area contributed by atoms with Crippen molar-refractivity contribution < 1.29 is 26.4 Å². The van der Waals surface area contributed by atoms with Gasteiger partial charge in [-0.15, -0.1) is 0 Å². The highest BCUT2D eigenvalue weighted by atomic mass is 32.2. The third kappa shape index (κ3) is 6.87. The lowest BCUT2D eigenvalue weighted by Crippen LogP contribution is -2.41. The summed E-state index contributed by atoms with van der Waals surface area (Å²) in [4.78, 5) is 15.3. The number of rotatable bonds is 7. The first-order valence-electron chi connectivity index (χ1n) is 13.5. The molecule has 1 aromatic rings. The molecular formula is C27H40F3N3O3S. The summed E-state index contributed by atoms with van der Waals surface area (Å²) < 4.78 is 64.1. The minimum Gasteiger partial charge on any atom is -0.352 e. The lowest BCUT2D eigenvalue weighted by molar-refractivity contribution is -0.184. The number of hydrogen-bond donors (Lipinski definition) is 1. The van der Waals surface area contributed by atoms with E-state index in [1.165, 1.54) is 16.1 Å². The number of carbonyl (C=O) groups is 1. The summed E-state index contributed by atoms with van der Waals surface area (Å²) in [5, 5.41) is 3.03. The standard InChI is InChI=1S/C27H40F3N3O3S/c1-18(2)25-24-9-6-21(26(34)31-15-19-10-12-33(13-11-19)37(3,35)36)14-22(24)17-32(25)16-20-4-7-23(8-5-20)27(28,29)30/h6,9,14,18-20,23,25H,4-5,7-8,10-13,15-17H2,1-3H3,(H,31,34). The number of nitrogens with one attached hydrogen (secondary N) is 1. The predicted octanol–water partition coefficient (Wildman–Crippen LogP) is 4.97. The monoisotopic (exact) mass is 543 g/mol. The first kappa shape index (κ1) is 28.4. The summed E-state index contributed by atoms with van der Waals surface area (Å²) in [5.41, 5.74) is 2.95. The average Bonchev–Trinajstić information content (AvgIpc) is 3.19. The third-order valence-corrected chi connectivity index (χ3v) is 9.82. The van der Waals surface area contributed by atoms with Crippen molar-refractivity contribution in [1.29, 1.82) is 0 Å². The van der Waals surface area contributed by atoms with Gasteiger partial charge in [0.15, 0.2) is 0 Å². The number of hydrogen-bond acceptors (Lipinski definition) is 4. The second kappa shape index (κ2) is 11.2. The Morgan fingerprint density at radius 2 is 1.70 bits per heavy atom. The molecule has 10 heteroatoms. The van der Waals surface area contributed by atoms with Crippen LogP contribution in [0.15, 0.2) is 18.2 Å². The molecular weight excluding hydrogens is 503 g/mol. The molecule has 1 saturated carbocycles. The van der Waals surface area contributed by atoms with Crippen molar-refractivity contribution in [3.8, 4) is 0 Å². The average molecular weight is 544 g/mol. The van der Waals surface area contributed by atoms with Crippen LogP contribution in [0, 0.1) is 23.7 Å². The van der Waals surface area contributed by atoms with Crippen molar-refractivity contribution in [3.05, 3.63) is 34.9 Å². The molecule has 1 atom stereocenters. The van der Waals surface area contributed by atoms with Crippen LogP contribution in [0.5, 0.6) is 0 Å². The number of nitrogens with zero attached hydrogens (tertiary/aromatic N) is 2. The molecule has 1 unspecified atom stereocenters. The molecule has 6 nitrogen and oxygen atoms in total. The molecule has 2 heterocycles. The SMILES string of the molecule is CC(C)C1c2ccc(C(=O)NCC3CCN(S(C)(=O)=O)CC3)cc2CN1CC1CCC(C(F)(F)F)CC1. The number of fused-ring (bicyclic) bond motifs is 1. The van der Waals surface area contributed by atoms with Gasteiger partial charge in [-0.1, -0.05) is 19.9 Å². The fourth-order valence-corrected chi connectivity index (χ4v) is 7.31. The highest BCUT2D eigenvalue weighted by molar-refractivity contribution is 7.88. The minimum absolute atomic E-state index is 0.127. The van der Waals surface area contributed by atoms with E-state index in [0.29, 0.717) is 50.5 Å². The van der Waals surface area contributed by atoms with Gasteiger partial charge in [-0.2, -0.15) is 13.2 Å². The molecule has 0 spiro atoms. The summed E-state index contributed by atoms with van der Waals surface area (Å²) >= 11 is 0. The van der Waals surface area contributed by atoms with E-state index in [1.54, 1.807) is 0 Å². The van der Waals surface area contributed by atoms with Crippen molar-refractivity contribution in [2.24, 2.45) is 23.7 Å². The zero-order valence-corrected chi connectivity index (χ0v) is 22.9. The van der Waals surface area contributed by atoms with Gasteiger partial charge in [0.05, 0.1) is 12.2 Å². The Morgan fingerprint density at radius 1 is 1.05 bits per heavy atom. The maximum absolute atomic E-state index is 13.1. The van der Waals surface area contributed by atoms with Crippen LogP contribution in [0.4, 0.5) is 13.2 Å². The Kier molecular flexibility index (Phi) is 8.60. The lowest BCUT2D eigenvalue weighted by Gasteiger charge is -2.35. The molecule has 4 rings (SSSR count). The smallest absolute Gasteiger partial charge is 0.352 e. The van der Waals surface area contributed by atoms with E-state index in [4.69, 9.17) is 0 Å². The number of sulfonamides is 1. The summed E-state index contributed by atoms with van der Waals surface area (Å²) in [6.45, 7) is 7.34. The fourth-order valence-electron chi connectivity index (χ4n) is 6.43. The van der Waals surface area contributed by atoms with Gasteiger partial charge in [0.1, 0.15) is 0 Å². The molecule has 208 valence electrons. The van der Waals surface area contributed by atoms with Gasteiger partial charge in [0.25, 0.3) is 5.91 Å². The molecule has 1 aromatic carbocycles. The van der Waals surface area contributed by atoms with Crippen molar-refractivity contribution in [2.45, 2.75) is 71.1 Å². The van der Waals surface area contributed by atoms with Crippen molar-refractivity contribution >= 4 is 15.9 Å². The molecule has 0 radical (unpaired) electrons. The second-order valence-corrected chi connectivity index (χ2v) is 13.6. The Balaban J connectivity index is 1.33. The van der Waals surface area contributed by atoms with Gasteiger partial charge < -0.3 is 5.32 Å². The molecule has 1 aliphatic carbocycles. The van der Waals surface area contributed by atoms with Crippen molar-refractivity contribution in [1.82, 2.24) is 14.5 Å². The van der Waals surface area contributed by atoms with E-state index < -0.39 is 22.1 Å². The molecule has 0 aromatic heterocycles. The van der Waals surface area contributed by atoms with E-state index in [-0.39, 0.29) is 36.6 Å². The first-order valence-corrected chi connectivity index (χ1v) is 15.3. The topological polar surface area (TPSA) is 69.7 Å². The minimum atomic E-state index is -4.08. The summed E-state index contributed by atoms with van der Waals surface area (Å²) in [6, 6.07) is 6.08. The normalized spacial score (nSPS) is 26.4. The van der Waals surface area contributed by atoms with E-state index in [0.717, 1.165) is 24.9 Å². The van der Waals surface area contributed by atoms with Gasteiger partial charge in [-0.25, -0.2) is 12.7 Å². The van der Waals surface area contributed by atoms with Gasteiger partial charge in [-0.3, -0.25) is 9.69 Å². The Labute approximate surface area is 219 Å². The molecule has 3 aliphatic rings. The molecule has 2 aliphatic heterocycles. The number of carbonyl (C=O) groups excluding carboxylic acids is 1. The Morgan fingerprint density at radius 3 is 2.27 bits per heavy atom. The van der Waals surface area contributed by atoms with Gasteiger partial charge in [0, 0.05) is 44.3 Å². The number of halogens is 3. The zero-order valence-electron chi connectivity index (χ0n) is 22.1. The maximum atomic E-state index is 13.1. The highest BCUT2D eigenvalue weighted by Gasteiger charge is 2.42. The number of alkyl halides is 3. The predicted molar refractivity (Wildman–Crippen MR) is 137 cm³/mol. The maximum Gasteiger partial charge on any atom is 0.391 e. The van der Waals surface area contributed by atoms with Crippen molar-refractivity contribution in [3.63, 3.8) is 0 Å². The quantitative estimate of drug-likeness (QED) is 0.527. The lowest BCUT2D eigenvalue weighted by atomic mass is 9.81. The van der Waals surface area contributed by atoms with Crippen LogP contribution in [0.25, 0.3) is 0 Å². The van der Waals surface area contributed by atoms with E-state index in [1.807, 2.05) is 18.2 Å². The second-order valence-electron chi connectivity index (χ2n) is 11.6. The highest BCUT2D eigenvalue weighted by Crippen LogP contribution is 2.43. The molecule has 37 heavy (non-hydrogen) atoms. The molecule has 1 N–H and O–H groups in total. The summed E-state index contributed by atoms with van der Waals surface area (Å²) in [7, 11) is -3.17. The number of benzene rings is 1. The van der Waals surface area contributed by atoms with Crippen LogP contribution in [0.2, 0.25) is 0 Å². The largest absolute Gasteiger partial charge is 0.391 e. The van der Waals surface area contributed by atoms with Crippen LogP contribution in [0.3, 0.4) is 0 Å². The molecule has 0 bridgehead atoms. The van der Waals surface area contributed by atoms with E-state index in [2.05, 4.69) is 24.1 Å². The van der Waals surface area contributed by atoms with Gasteiger partial charge in [0.2, 0.25) is 10.0 Å². The summed E-state index contributed by atoms with van der Waals surface area (Å²) in [6.07, 6.45) is 0.266. The van der Waals surface area contributed by atoms with Gasteiger partial charge in [-0.05, 0) is 79.5 Å². The van der Waals surface area contributed by atoms with Crippen LogP contribution in [0.1, 0.15) is 79.9 Å². The van der Waals surface area contributed by atoms with E-state index in [9.17, 15) is 26.4 Å². The molecule has 1 amide bonds. The van der Waals surface area contributed by atoms with Crippen LogP contribution in [-0.4, -0.2) is 62.1 Å². The Bertz CT molecular complexity index is 1060.